The fraction of sp³-hybridized carbons (Fsp3) is 0.462. The third-order valence-electron chi connectivity index (χ3n) is 3.46. The third kappa shape index (κ3) is 1.69. The van der Waals surface area contributed by atoms with Crippen molar-refractivity contribution in [3.8, 4) is 0 Å². The van der Waals surface area contributed by atoms with E-state index in [0.717, 1.165) is 30.5 Å². The number of aromatic nitrogens is 2. The van der Waals surface area contributed by atoms with E-state index in [4.69, 9.17) is 4.74 Å². The predicted molar refractivity (Wildman–Crippen MR) is 66.2 cm³/mol. The van der Waals surface area contributed by atoms with Gasteiger partial charge in [0, 0.05) is 13.7 Å². The molecule has 0 bridgehead atoms. The minimum atomic E-state index is 0.0432. The van der Waals surface area contributed by atoms with Crippen LogP contribution in [-0.4, -0.2) is 21.8 Å². The van der Waals surface area contributed by atoms with Gasteiger partial charge in [0.05, 0.1) is 23.7 Å². The summed E-state index contributed by atoms with van der Waals surface area (Å²) in [6.45, 7) is 1.49. The van der Waals surface area contributed by atoms with Gasteiger partial charge in [-0.1, -0.05) is 12.1 Å². The Labute approximate surface area is 99.4 Å². The van der Waals surface area contributed by atoms with Gasteiger partial charge in [0.2, 0.25) is 0 Å². The lowest BCUT2D eigenvalue weighted by atomic mass is 10.2. The number of hydrogen-bond acceptors (Lipinski definition) is 2. The van der Waals surface area contributed by atoms with Gasteiger partial charge in [-0.25, -0.2) is 4.79 Å². The Morgan fingerprint density at radius 1 is 1.35 bits per heavy atom. The average molecular weight is 232 g/mol. The summed E-state index contributed by atoms with van der Waals surface area (Å²) >= 11 is 0. The summed E-state index contributed by atoms with van der Waals surface area (Å²) in [4.78, 5) is 12.1. The molecule has 0 radical (unpaired) electrons. The van der Waals surface area contributed by atoms with E-state index in [1.165, 1.54) is 0 Å². The quantitative estimate of drug-likeness (QED) is 0.787. The first-order chi connectivity index (χ1) is 8.27. The Hall–Kier alpha value is -1.55. The molecular weight excluding hydrogens is 216 g/mol. The second-order valence-electron chi connectivity index (χ2n) is 4.58. The normalized spacial score (nSPS) is 20.2. The lowest BCUT2D eigenvalue weighted by Gasteiger charge is -2.09. The number of para-hydroxylation sites is 2. The number of aryl methyl sites for hydroxylation is 1. The number of imidazole rings is 1. The van der Waals surface area contributed by atoms with Crippen LogP contribution in [0.25, 0.3) is 11.0 Å². The summed E-state index contributed by atoms with van der Waals surface area (Å²) in [6, 6.07) is 7.89. The molecular formula is C13H16N2O2. The van der Waals surface area contributed by atoms with Crippen LogP contribution in [0.4, 0.5) is 0 Å². The highest BCUT2D eigenvalue weighted by atomic mass is 16.5. The van der Waals surface area contributed by atoms with E-state index in [1.54, 1.807) is 4.57 Å². The molecule has 0 aliphatic carbocycles. The van der Waals surface area contributed by atoms with Crippen LogP contribution in [0.3, 0.4) is 0 Å². The Kier molecular flexibility index (Phi) is 2.52. The molecule has 3 rings (SSSR count). The maximum atomic E-state index is 12.1. The lowest BCUT2D eigenvalue weighted by molar-refractivity contribution is 0.0970. The minimum absolute atomic E-state index is 0.0432. The Morgan fingerprint density at radius 2 is 2.12 bits per heavy atom. The third-order valence-corrected chi connectivity index (χ3v) is 3.46. The second kappa shape index (κ2) is 4.04. The zero-order valence-electron chi connectivity index (χ0n) is 9.93. The van der Waals surface area contributed by atoms with Crippen molar-refractivity contribution >= 4 is 11.0 Å². The van der Waals surface area contributed by atoms with Gasteiger partial charge in [0.25, 0.3) is 0 Å². The van der Waals surface area contributed by atoms with E-state index < -0.39 is 0 Å². The molecule has 4 nitrogen and oxygen atoms in total. The first-order valence-electron chi connectivity index (χ1n) is 6.03. The molecule has 2 heterocycles. The van der Waals surface area contributed by atoms with Crippen LogP contribution in [0.5, 0.6) is 0 Å². The smallest absolute Gasteiger partial charge is 0.328 e. The van der Waals surface area contributed by atoms with Gasteiger partial charge in [0.1, 0.15) is 0 Å². The standard InChI is InChI=1S/C13H16N2O2/c1-14-11-6-2-3-7-12(11)15(13(14)16)9-10-5-4-8-17-10/h2-3,6-7,10H,4-5,8-9H2,1H3. The van der Waals surface area contributed by atoms with Crippen LogP contribution in [0.2, 0.25) is 0 Å². The summed E-state index contributed by atoms with van der Waals surface area (Å²) in [7, 11) is 1.82. The molecule has 1 aliphatic heterocycles. The SMILES string of the molecule is Cn1c(=O)n(CC2CCCO2)c2ccccc21. The van der Waals surface area contributed by atoms with Gasteiger partial charge >= 0.3 is 5.69 Å². The van der Waals surface area contributed by atoms with Crippen LogP contribution in [0, 0.1) is 0 Å². The molecule has 0 amide bonds. The molecule has 0 spiro atoms. The van der Waals surface area contributed by atoms with E-state index in [9.17, 15) is 4.79 Å². The van der Waals surface area contributed by atoms with Crippen molar-refractivity contribution in [3.05, 3.63) is 34.7 Å². The molecule has 1 aromatic carbocycles. The average Bonchev–Trinajstić information content (AvgIpc) is 2.94. The highest BCUT2D eigenvalue weighted by molar-refractivity contribution is 5.75. The summed E-state index contributed by atoms with van der Waals surface area (Å²) < 4.78 is 9.12. The molecule has 1 aromatic heterocycles. The highest BCUT2D eigenvalue weighted by Gasteiger charge is 2.19. The number of nitrogens with zero attached hydrogens (tertiary/aromatic N) is 2. The molecule has 90 valence electrons. The van der Waals surface area contributed by atoms with E-state index in [0.29, 0.717) is 6.54 Å². The predicted octanol–water partition coefficient (Wildman–Crippen LogP) is 1.52. The van der Waals surface area contributed by atoms with E-state index in [1.807, 2.05) is 35.9 Å². The fourth-order valence-electron chi connectivity index (χ4n) is 2.53. The van der Waals surface area contributed by atoms with Gasteiger partial charge in [-0.15, -0.1) is 0 Å². The number of benzene rings is 1. The summed E-state index contributed by atoms with van der Waals surface area (Å²) in [5.74, 6) is 0. The first kappa shape index (κ1) is 10.6. The van der Waals surface area contributed by atoms with Crippen molar-refractivity contribution in [2.75, 3.05) is 6.61 Å². The number of fused-ring (bicyclic) bond motifs is 1. The first-order valence-corrected chi connectivity index (χ1v) is 6.03. The fourth-order valence-corrected chi connectivity index (χ4v) is 2.53. The van der Waals surface area contributed by atoms with Crippen LogP contribution in [0.1, 0.15) is 12.8 Å². The Morgan fingerprint density at radius 3 is 2.82 bits per heavy atom. The van der Waals surface area contributed by atoms with Crippen LogP contribution in [-0.2, 0) is 18.3 Å². The number of hydrogen-bond donors (Lipinski definition) is 0. The Bertz CT molecular complexity index is 591. The van der Waals surface area contributed by atoms with Crippen molar-refractivity contribution < 1.29 is 4.74 Å². The van der Waals surface area contributed by atoms with Gasteiger partial charge in [-0.05, 0) is 25.0 Å². The summed E-state index contributed by atoms with van der Waals surface area (Å²) in [5, 5.41) is 0. The van der Waals surface area contributed by atoms with Crippen molar-refractivity contribution in [2.45, 2.75) is 25.5 Å². The minimum Gasteiger partial charge on any atom is -0.376 e. The molecule has 1 unspecified atom stereocenters. The molecule has 1 atom stereocenters. The number of rotatable bonds is 2. The molecule has 0 N–H and O–H groups in total. The van der Waals surface area contributed by atoms with E-state index in [2.05, 4.69) is 0 Å². The van der Waals surface area contributed by atoms with Crippen LogP contribution >= 0.6 is 0 Å². The summed E-state index contributed by atoms with van der Waals surface area (Å²) in [5.41, 5.74) is 2.02. The molecule has 1 saturated heterocycles. The van der Waals surface area contributed by atoms with Crippen molar-refractivity contribution in [2.24, 2.45) is 7.05 Å². The van der Waals surface area contributed by atoms with Gasteiger partial charge in [0.15, 0.2) is 0 Å². The van der Waals surface area contributed by atoms with Crippen LogP contribution in [0.15, 0.2) is 29.1 Å². The molecule has 17 heavy (non-hydrogen) atoms. The Balaban J connectivity index is 2.08. The second-order valence-corrected chi connectivity index (χ2v) is 4.58. The van der Waals surface area contributed by atoms with Gasteiger partial charge in [-0.2, -0.15) is 0 Å². The highest BCUT2D eigenvalue weighted by Crippen LogP contribution is 2.17. The maximum Gasteiger partial charge on any atom is 0.328 e. The number of ether oxygens (including phenoxy) is 1. The van der Waals surface area contributed by atoms with E-state index >= 15 is 0 Å². The topological polar surface area (TPSA) is 36.2 Å². The van der Waals surface area contributed by atoms with Gasteiger partial charge < -0.3 is 4.74 Å². The van der Waals surface area contributed by atoms with Crippen LogP contribution < -0.4 is 5.69 Å². The zero-order chi connectivity index (χ0) is 11.8. The molecule has 2 aromatic rings. The molecule has 1 fully saturated rings. The van der Waals surface area contributed by atoms with Crippen molar-refractivity contribution in [3.63, 3.8) is 0 Å². The van der Waals surface area contributed by atoms with Crippen molar-refractivity contribution in [1.29, 1.82) is 0 Å². The van der Waals surface area contributed by atoms with E-state index in [-0.39, 0.29) is 11.8 Å². The van der Waals surface area contributed by atoms with Crippen molar-refractivity contribution in [1.82, 2.24) is 9.13 Å². The molecule has 4 heteroatoms. The molecule has 0 saturated carbocycles. The molecule has 1 aliphatic rings. The monoisotopic (exact) mass is 232 g/mol. The van der Waals surface area contributed by atoms with Gasteiger partial charge in [-0.3, -0.25) is 9.13 Å². The zero-order valence-corrected chi connectivity index (χ0v) is 9.93. The lowest BCUT2D eigenvalue weighted by Crippen LogP contribution is -2.27. The maximum absolute atomic E-state index is 12.1. The summed E-state index contributed by atoms with van der Waals surface area (Å²) in [6.07, 6.45) is 2.35. The largest absolute Gasteiger partial charge is 0.376 e.